The SMILES string of the molecule is CCNCCCC(C)OCC(F)(F)C(F)F. The third kappa shape index (κ3) is 7.00. The first-order valence-electron chi connectivity index (χ1n) is 5.38. The van der Waals surface area contributed by atoms with E-state index >= 15 is 0 Å². The van der Waals surface area contributed by atoms with Gasteiger partial charge < -0.3 is 10.1 Å². The minimum Gasteiger partial charge on any atom is -0.372 e. The van der Waals surface area contributed by atoms with Crippen LogP contribution in [0.2, 0.25) is 0 Å². The third-order valence-electron chi connectivity index (χ3n) is 2.09. The Morgan fingerprint density at radius 3 is 2.44 bits per heavy atom. The number of halogens is 4. The van der Waals surface area contributed by atoms with Gasteiger partial charge in [-0.1, -0.05) is 6.92 Å². The van der Waals surface area contributed by atoms with Crippen molar-refractivity contribution in [3.05, 3.63) is 0 Å². The molecule has 0 bridgehead atoms. The van der Waals surface area contributed by atoms with E-state index in [1.54, 1.807) is 6.92 Å². The fraction of sp³-hybridized carbons (Fsp3) is 1.00. The normalized spacial score (nSPS) is 14.4. The number of nitrogens with one attached hydrogen (secondary N) is 1. The van der Waals surface area contributed by atoms with Gasteiger partial charge >= 0.3 is 12.3 Å². The minimum absolute atomic E-state index is 0.428. The van der Waals surface area contributed by atoms with Crippen LogP contribution >= 0.6 is 0 Å². The lowest BCUT2D eigenvalue weighted by Crippen LogP contribution is -2.34. The van der Waals surface area contributed by atoms with E-state index in [1.165, 1.54) is 0 Å². The topological polar surface area (TPSA) is 21.3 Å². The molecule has 0 saturated heterocycles. The van der Waals surface area contributed by atoms with Crippen LogP contribution in [0.3, 0.4) is 0 Å². The van der Waals surface area contributed by atoms with Gasteiger partial charge in [-0.15, -0.1) is 0 Å². The summed E-state index contributed by atoms with van der Waals surface area (Å²) in [6, 6.07) is 0. The Labute approximate surface area is 93.3 Å². The highest BCUT2D eigenvalue weighted by molar-refractivity contribution is 4.68. The van der Waals surface area contributed by atoms with E-state index in [4.69, 9.17) is 4.74 Å². The predicted octanol–water partition coefficient (Wildman–Crippen LogP) is 2.68. The number of rotatable bonds is 9. The average Bonchev–Trinajstić information content (AvgIpc) is 2.21. The predicted molar refractivity (Wildman–Crippen MR) is 54.1 cm³/mol. The molecular weight excluding hydrogens is 226 g/mol. The summed E-state index contributed by atoms with van der Waals surface area (Å²) in [6.07, 6.45) is -2.74. The summed E-state index contributed by atoms with van der Waals surface area (Å²) in [6.45, 7) is 3.97. The highest BCUT2D eigenvalue weighted by atomic mass is 19.3. The van der Waals surface area contributed by atoms with Crippen molar-refractivity contribution in [2.75, 3.05) is 19.7 Å². The first-order valence-corrected chi connectivity index (χ1v) is 5.38. The summed E-state index contributed by atoms with van der Waals surface area (Å²) in [4.78, 5) is 0. The molecule has 0 saturated carbocycles. The molecule has 0 amide bonds. The Hall–Kier alpha value is -0.360. The van der Waals surface area contributed by atoms with Crippen molar-refractivity contribution in [3.63, 3.8) is 0 Å². The molecule has 0 fully saturated rings. The van der Waals surface area contributed by atoms with Gasteiger partial charge in [0, 0.05) is 0 Å². The maximum Gasteiger partial charge on any atom is 0.330 e. The van der Waals surface area contributed by atoms with Crippen molar-refractivity contribution in [2.45, 2.75) is 45.1 Å². The number of ether oxygens (including phenoxy) is 1. The minimum atomic E-state index is -4.05. The van der Waals surface area contributed by atoms with E-state index in [9.17, 15) is 17.6 Å². The Bertz CT molecular complexity index is 178. The maximum absolute atomic E-state index is 12.5. The van der Waals surface area contributed by atoms with Crippen molar-refractivity contribution in [1.82, 2.24) is 5.32 Å². The van der Waals surface area contributed by atoms with Crippen LogP contribution in [0, 0.1) is 0 Å². The lowest BCUT2D eigenvalue weighted by atomic mass is 10.2. The van der Waals surface area contributed by atoms with E-state index in [2.05, 4.69) is 5.32 Å². The van der Waals surface area contributed by atoms with Gasteiger partial charge in [-0.05, 0) is 32.9 Å². The molecule has 0 heterocycles. The van der Waals surface area contributed by atoms with E-state index in [0.29, 0.717) is 6.42 Å². The first kappa shape index (κ1) is 15.6. The lowest BCUT2D eigenvalue weighted by molar-refractivity contribution is -0.174. The maximum atomic E-state index is 12.5. The molecule has 0 aliphatic carbocycles. The fourth-order valence-electron chi connectivity index (χ4n) is 1.09. The lowest BCUT2D eigenvalue weighted by Gasteiger charge is -2.19. The van der Waals surface area contributed by atoms with Crippen LogP contribution in [0.4, 0.5) is 17.6 Å². The highest BCUT2D eigenvalue weighted by Crippen LogP contribution is 2.23. The molecule has 0 spiro atoms. The second kappa shape index (κ2) is 7.84. The van der Waals surface area contributed by atoms with Crippen LogP contribution < -0.4 is 5.32 Å². The smallest absolute Gasteiger partial charge is 0.330 e. The summed E-state index contributed by atoms with van der Waals surface area (Å²) in [7, 11) is 0. The zero-order chi connectivity index (χ0) is 12.6. The second-order valence-corrected chi connectivity index (χ2v) is 3.68. The summed E-state index contributed by atoms with van der Waals surface area (Å²) in [5, 5.41) is 3.07. The van der Waals surface area contributed by atoms with Crippen LogP contribution in [0.1, 0.15) is 26.7 Å². The molecule has 0 aromatic carbocycles. The molecule has 1 N–H and O–H groups in total. The molecule has 6 heteroatoms. The average molecular weight is 245 g/mol. The van der Waals surface area contributed by atoms with Crippen molar-refractivity contribution in [3.8, 4) is 0 Å². The monoisotopic (exact) mass is 245 g/mol. The fourth-order valence-corrected chi connectivity index (χ4v) is 1.09. The third-order valence-corrected chi connectivity index (χ3v) is 2.09. The van der Waals surface area contributed by atoms with Crippen molar-refractivity contribution < 1.29 is 22.3 Å². The standard InChI is InChI=1S/C10H19F4NO/c1-3-15-6-4-5-8(2)16-7-10(13,14)9(11)12/h8-9,15H,3-7H2,1-2H3. The molecule has 0 aliphatic rings. The Morgan fingerprint density at radius 1 is 1.31 bits per heavy atom. The molecule has 0 aromatic heterocycles. The molecule has 16 heavy (non-hydrogen) atoms. The molecule has 2 nitrogen and oxygen atoms in total. The largest absolute Gasteiger partial charge is 0.372 e. The van der Waals surface area contributed by atoms with Gasteiger partial charge in [0.1, 0.15) is 6.61 Å². The van der Waals surface area contributed by atoms with Crippen molar-refractivity contribution in [1.29, 1.82) is 0 Å². The zero-order valence-electron chi connectivity index (χ0n) is 9.61. The van der Waals surface area contributed by atoms with Crippen LogP contribution in [0.5, 0.6) is 0 Å². The van der Waals surface area contributed by atoms with Crippen LogP contribution in [0.25, 0.3) is 0 Å². The molecule has 0 rings (SSSR count). The Morgan fingerprint density at radius 2 is 1.94 bits per heavy atom. The van der Waals surface area contributed by atoms with Gasteiger partial charge in [-0.3, -0.25) is 0 Å². The van der Waals surface area contributed by atoms with Gasteiger partial charge in [0.05, 0.1) is 6.10 Å². The Balaban J connectivity index is 3.60. The van der Waals surface area contributed by atoms with E-state index in [-0.39, 0.29) is 0 Å². The van der Waals surface area contributed by atoms with Gasteiger partial charge in [-0.25, -0.2) is 8.78 Å². The summed E-state index contributed by atoms with van der Waals surface area (Å²) >= 11 is 0. The molecule has 98 valence electrons. The first-order chi connectivity index (χ1) is 7.40. The van der Waals surface area contributed by atoms with Gasteiger partial charge in [-0.2, -0.15) is 8.78 Å². The van der Waals surface area contributed by atoms with E-state index < -0.39 is 25.1 Å². The summed E-state index contributed by atoms with van der Waals surface area (Å²) in [5.41, 5.74) is 0. The van der Waals surface area contributed by atoms with E-state index in [0.717, 1.165) is 19.5 Å². The highest BCUT2D eigenvalue weighted by Gasteiger charge is 2.41. The van der Waals surface area contributed by atoms with Crippen molar-refractivity contribution in [2.24, 2.45) is 0 Å². The number of hydrogen-bond donors (Lipinski definition) is 1. The van der Waals surface area contributed by atoms with E-state index in [1.807, 2.05) is 6.92 Å². The quantitative estimate of drug-likeness (QED) is 0.498. The van der Waals surface area contributed by atoms with Crippen molar-refractivity contribution >= 4 is 0 Å². The Kier molecular flexibility index (Phi) is 7.66. The summed E-state index contributed by atoms with van der Waals surface area (Å²) < 4.78 is 53.2. The molecule has 0 aliphatic heterocycles. The molecular formula is C10H19F4NO. The molecule has 1 atom stereocenters. The van der Waals surface area contributed by atoms with Crippen LogP contribution in [-0.4, -0.2) is 38.1 Å². The molecule has 1 unspecified atom stereocenters. The molecule has 0 aromatic rings. The second-order valence-electron chi connectivity index (χ2n) is 3.68. The number of alkyl halides is 4. The molecule has 0 radical (unpaired) electrons. The zero-order valence-corrected chi connectivity index (χ0v) is 9.61. The number of hydrogen-bond acceptors (Lipinski definition) is 2. The summed E-state index contributed by atoms with van der Waals surface area (Å²) in [5.74, 6) is -4.05. The van der Waals surface area contributed by atoms with Crippen LogP contribution in [0.15, 0.2) is 0 Å². The van der Waals surface area contributed by atoms with Gasteiger partial charge in [0.25, 0.3) is 0 Å². The van der Waals surface area contributed by atoms with Crippen LogP contribution in [-0.2, 0) is 4.74 Å². The van der Waals surface area contributed by atoms with Gasteiger partial charge in [0.15, 0.2) is 0 Å². The van der Waals surface area contributed by atoms with Gasteiger partial charge in [0.2, 0.25) is 0 Å².